The predicted molar refractivity (Wildman–Crippen MR) is 67.9 cm³/mol. The summed E-state index contributed by atoms with van der Waals surface area (Å²) in [5.41, 5.74) is 1.30. The second-order valence-corrected chi connectivity index (χ2v) is 5.22. The van der Waals surface area contributed by atoms with E-state index in [1.165, 1.54) is 0 Å². The van der Waals surface area contributed by atoms with Crippen LogP contribution in [0.3, 0.4) is 0 Å². The zero-order valence-corrected chi connectivity index (χ0v) is 10.6. The van der Waals surface area contributed by atoms with Gasteiger partial charge in [-0.1, -0.05) is 12.1 Å². The number of para-hydroxylation sites is 1. The smallest absolute Gasteiger partial charge is 0.253 e. The Hall–Kier alpha value is -1.84. The molecular weight excluding hydrogens is 214 g/mol. The molecule has 0 bridgehead atoms. The number of carbonyl (C=O) groups excluding carboxylic acids is 1. The van der Waals surface area contributed by atoms with Crippen molar-refractivity contribution in [2.24, 2.45) is 7.05 Å². The van der Waals surface area contributed by atoms with Crippen LogP contribution in [0, 0.1) is 0 Å². The third-order valence-electron chi connectivity index (χ3n) is 2.49. The van der Waals surface area contributed by atoms with Crippen molar-refractivity contribution in [3.8, 4) is 0 Å². The fourth-order valence-electron chi connectivity index (χ4n) is 1.82. The number of nitrogens with zero attached hydrogens (tertiary/aromatic N) is 2. The molecule has 0 saturated carbocycles. The van der Waals surface area contributed by atoms with Gasteiger partial charge in [0.25, 0.3) is 5.91 Å². The Morgan fingerprint density at radius 3 is 2.71 bits per heavy atom. The fraction of sp³-hybridized carbons (Fsp3) is 0.385. The molecule has 1 aromatic heterocycles. The lowest BCUT2D eigenvalue weighted by Crippen LogP contribution is -2.40. The molecule has 1 heterocycles. The van der Waals surface area contributed by atoms with E-state index in [-0.39, 0.29) is 11.4 Å². The number of aromatic nitrogens is 2. The minimum atomic E-state index is -0.238. The number of benzene rings is 1. The van der Waals surface area contributed by atoms with E-state index >= 15 is 0 Å². The van der Waals surface area contributed by atoms with E-state index in [9.17, 15) is 4.79 Å². The number of amides is 1. The van der Waals surface area contributed by atoms with Gasteiger partial charge in [-0.25, -0.2) is 0 Å². The van der Waals surface area contributed by atoms with Crippen molar-refractivity contribution in [3.63, 3.8) is 0 Å². The maximum Gasteiger partial charge on any atom is 0.253 e. The largest absolute Gasteiger partial charge is 0.347 e. The summed E-state index contributed by atoms with van der Waals surface area (Å²) < 4.78 is 1.73. The van der Waals surface area contributed by atoms with E-state index in [1.807, 2.05) is 46.0 Å². The van der Waals surface area contributed by atoms with Crippen LogP contribution in [0.5, 0.6) is 0 Å². The average Bonchev–Trinajstić information content (AvgIpc) is 2.58. The van der Waals surface area contributed by atoms with Crippen molar-refractivity contribution in [2.75, 3.05) is 0 Å². The monoisotopic (exact) mass is 231 g/mol. The van der Waals surface area contributed by atoms with Gasteiger partial charge in [-0.3, -0.25) is 9.48 Å². The summed E-state index contributed by atoms with van der Waals surface area (Å²) in [6.07, 6.45) is 1.77. The van der Waals surface area contributed by atoms with Gasteiger partial charge >= 0.3 is 0 Å². The van der Waals surface area contributed by atoms with Gasteiger partial charge in [-0.15, -0.1) is 0 Å². The van der Waals surface area contributed by atoms with Crippen molar-refractivity contribution in [1.82, 2.24) is 15.1 Å². The molecule has 1 aromatic carbocycles. The summed E-state index contributed by atoms with van der Waals surface area (Å²) in [6.45, 7) is 5.90. The maximum absolute atomic E-state index is 12.2. The van der Waals surface area contributed by atoms with Crippen LogP contribution in [0.25, 0.3) is 10.9 Å². The van der Waals surface area contributed by atoms with Crippen LogP contribution >= 0.6 is 0 Å². The van der Waals surface area contributed by atoms with E-state index in [2.05, 4.69) is 10.4 Å². The molecule has 0 fully saturated rings. The SMILES string of the molecule is Cn1ncc2cccc(C(=O)NC(C)(C)C)c21. The third-order valence-corrected chi connectivity index (χ3v) is 2.49. The van der Waals surface area contributed by atoms with Gasteiger partial charge < -0.3 is 5.32 Å². The zero-order valence-electron chi connectivity index (χ0n) is 10.6. The molecule has 0 aliphatic heterocycles. The van der Waals surface area contributed by atoms with E-state index in [0.717, 1.165) is 10.9 Å². The molecule has 1 amide bonds. The highest BCUT2D eigenvalue weighted by Gasteiger charge is 2.18. The van der Waals surface area contributed by atoms with Crippen molar-refractivity contribution in [2.45, 2.75) is 26.3 Å². The number of rotatable bonds is 1. The first-order valence-electron chi connectivity index (χ1n) is 5.62. The summed E-state index contributed by atoms with van der Waals surface area (Å²) in [5.74, 6) is -0.0632. The molecule has 0 atom stereocenters. The Labute approximate surface area is 101 Å². The van der Waals surface area contributed by atoms with Crippen LogP contribution in [-0.2, 0) is 7.05 Å². The molecular formula is C13H17N3O. The molecule has 90 valence electrons. The van der Waals surface area contributed by atoms with E-state index in [1.54, 1.807) is 10.9 Å². The Balaban J connectivity index is 2.48. The summed E-state index contributed by atoms with van der Waals surface area (Å²) in [4.78, 5) is 12.2. The third kappa shape index (κ3) is 2.30. The van der Waals surface area contributed by atoms with E-state index in [4.69, 9.17) is 0 Å². The Kier molecular flexibility index (Phi) is 2.65. The van der Waals surface area contributed by atoms with E-state index in [0.29, 0.717) is 5.56 Å². The highest BCUT2D eigenvalue weighted by atomic mass is 16.1. The molecule has 0 aliphatic carbocycles. The van der Waals surface area contributed by atoms with Crippen LogP contribution in [0.2, 0.25) is 0 Å². The second kappa shape index (κ2) is 3.87. The first kappa shape index (κ1) is 11.6. The number of carbonyl (C=O) groups is 1. The standard InChI is InChI=1S/C13H17N3O/c1-13(2,3)15-12(17)10-7-5-6-9-8-14-16(4)11(9)10/h5-8H,1-4H3,(H,15,17). The first-order chi connectivity index (χ1) is 7.88. The van der Waals surface area contributed by atoms with Gasteiger partial charge in [0.1, 0.15) is 0 Å². The van der Waals surface area contributed by atoms with Crippen molar-refractivity contribution in [1.29, 1.82) is 0 Å². The second-order valence-electron chi connectivity index (χ2n) is 5.22. The van der Waals surface area contributed by atoms with Crippen LogP contribution < -0.4 is 5.32 Å². The number of fused-ring (bicyclic) bond motifs is 1. The minimum absolute atomic E-state index is 0.0632. The summed E-state index contributed by atoms with van der Waals surface area (Å²) >= 11 is 0. The lowest BCUT2D eigenvalue weighted by atomic mass is 10.1. The summed E-state index contributed by atoms with van der Waals surface area (Å²) in [7, 11) is 1.84. The highest BCUT2D eigenvalue weighted by Crippen LogP contribution is 2.18. The lowest BCUT2D eigenvalue weighted by Gasteiger charge is -2.20. The minimum Gasteiger partial charge on any atom is -0.347 e. The van der Waals surface area contributed by atoms with Crippen molar-refractivity contribution >= 4 is 16.8 Å². The Morgan fingerprint density at radius 1 is 1.35 bits per heavy atom. The zero-order chi connectivity index (χ0) is 12.6. The molecule has 1 N–H and O–H groups in total. The Bertz CT molecular complexity index is 564. The van der Waals surface area contributed by atoms with Crippen LogP contribution in [0.1, 0.15) is 31.1 Å². The first-order valence-corrected chi connectivity index (χ1v) is 5.62. The predicted octanol–water partition coefficient (Wildman–Crippen LogP) is 2.10. The molecule has 2 aromatic rings. The van der Waals surface area contributed by atoms with Crippen LogP contribution in [-0.4, -0.2) is 21.2 Å². The molecule has 0 unspecified atom stereocenters. The summed E-state index contributed by atoms with van der Waals surface area (Å²) in [5, 5.41) is 8.12. The van der Waals surface area contributed by atoms with E-state index < -0.39 is 0 Å². The molecule has 4 heteroatoms. The fourth-order valence-corrected chi connectivity index (χ4v) is 1.82. The Morgan fingerprint density at radius 2 is 2.06 bits per heavy atom. The molecule has 0 spiro atoms. The van der Waals surface area contributed by atoms with Gasteiger partial charge in [-0.05, 0) is 26.8 Å². The maximum atomic E-state index is 12.2. The van der Waals surface area contributed by atoms with Crippen molar-refractivity contribution in [3.05, 3.63) is 30.0 Å². The number of hydrogen-bond acceptors (Lipinski definition) is 2. The van der Waals surface area contributed by atoms with Crippen molar-refractivity contribution < 1.29 is 4.79 Å². The van der Waals surface area contributed by atoms with Crippen LogP contribution in [0.4, 0.5) is 0 Å². The van der Waals surface area contributed by atoms with Gasteiger partial charge in [0.2, 0.25) is 0 Å². The lowest BCUT2D eigenvalue weighted by molar-refractivity contribution is 0.0921. The molecule has 2 rings (SSSR count). The average molecular weight is 231 g/mol. The van der Waals surface area contributed by atoms with Gasteiger partial charge in [-0.2, -0.15) is 5.10 Å². The summed E-state index contributed by atoms with van der Waals surface area (Å²) in [6, 6.07) is 5.66. The molecule has 0 saturated heterocycles. The molecule has 4 nitrogen and oxygen atoms in total. The number of nitrogens with one attached hydrogen (secondary N) is 1. The number of aryl methyl sites for hydroxylation is 1. The molecule has 0 radical (unpaired) electrons. The van der Waals surface area contributed by atoms with Crippen LogP contribution in [0.15, 0.2) is 24.4 Å². The normalized spacial score (nSPS) is 11.8. The van der Waals surface area contributed by atoms with Gasteiger partial charge in [0, 0.05) is 18.0 Å². The van der Waals surface area contributed by atoms with Gasteiger partial charge in [0.15, 0.2) is 0 Å². The van der Waals surface area contributed by atoms with Gasteiger partial charge in [0.05, 0.1) is 17.3 Å². The molecule has 0 aliphatic rings. The highest BCUT2D eigenvalue weighted by molar-refractivity contribution is 6.05. The quantitative estimate of drug-likeness (QED) is 0.817. The topological polar surface area (TPSA) is 46.9 Å². The molecule has 17 heavy (non-hydrogen) atoms. The number of hydrogen-bond donors (Lipinski definition) is 1.